The SMILES string of the molecule is CCCCN1C=CN(c2ccc3c4cccc5c6ccccc6n(c3c2)c54)C1. The van der Waals surface area contributed by atoms with Gasteiger partial charge in [0.15, 0.2) is 0 Å². The van der Waals surface area contributed by atoms with Crippen LogP contribution in [0.5, 0.6) is 0 Å². The van der Waals surface area contributed by atoms with Gasteiger partial charge in [-0.3, -0.25) is 0 Å². The predicted octanol–water partition coefficient (Wildman–Crippen LogP) is 6.19. The third-order valence-electron chi connectivity index (χ3n) is 6.13. The molecule has 3 aromatic carbocycles. The van der Waals surface area contributed by atoms with E-state index in [-0.39, 0.29) is 0 Å². The van der Waals surface area contributed by atoms with Gasteiger partial charge in [0.05, 0.1) is 23.2 Å². The Morgan fingerprint density at radius 1 is 0.786 bits per heavy atom. The van der Waals surface area contributed by atoms with Crippen LogP contribution in [0.25, 0.3) is 38.1 Å². The molecule has 0 unspecified atom stereocenters. The highest BCUT2D eigenvalue weighted by Crippen LogP contribution is 2.40. The molecule has 138 valence electrons. The minimum Gasteiger partial charge on any atom is -0.358 e. The van der Waals surface area contributed by atoms with Gasteiger partial charge >= 0.3 is 0 Å². The lowest BCUT2D eigenvalue weighted by Gasteiger charge is -2.21. The van der Waals surface area contributed by atoms with Crippen LogP contribution in [0.2, 0.25) is 0 Å². The van der Waals surface area contributed by atoms with E-state index in [2.05, 4.69) is 94.2 Å². The van der Waals surface area contributed by atoms with Crippen molar-refractivity contribution in [3.63, 3.8) is 0 Å². The van der Waals surface area contributed by atoms with Crippen LogP contribution in [0.15, 0.2) is 73.1 Å². The Balaban J connectivity index is 1.55. The van der Waals surface area contributed by atoms with Gasteiger partial charge in [-0.25, -0.2) is 0 Å². The number of benzene rings is 3. The van der Waals surface area contributed by atoms with Gasteiger partial charge in [-0.15, -0.1) is 0 Å². The van der Waals surface area contributed by atoms with Crippen LogP contribution in [0.3, 0.4) is 0 Å². The Kier molecular flexibility index (Phi) is 3.33. The van der Waals surface area contributed by atoms with Gasteiger partial charge in [0.25, 0.3) is 0 Å². The van der Waals surface area contributed by atoms with Crippen molar-refractivity contribution < 1.29 is 0 Å². The summed E-state index contributed by atoms with van der Waals surface area (Å²) in [4.78, 5) is 4.75. The maximum Gasteiger partial charge on any atom is 0.0941 e. The smallest absolute Gasteiger partial charge is 0.0941 e. The van der Waals surface area contributed by atoms with E-state index in [1.807, 2.05) is 0 Å². The zero-order valence-electron chi connectivity index (χ0n) is 16.1. The van der Waals surface area contributed by atoms with Crippen LogP contribution in [0.1, 0.15) is 19.8 Å². The lowest BCUT2D eigenvalue weighted by molar-refractivity contribution is 0.396. The zero-order valence-corrected chi connectivity index (χ0v) is 16.1. The number of aromatic nitrogens is 1. The Morgan fingerprint density at radius 2 is 1.57 bits per heavy atom. The summed E-state index contributed by atoms with van der Waals surface area (Å²) < 4.78 is 2.45. The average Bonchev–Trinajstić information content (AvgIpc) is 3.43. The Morgan fingerprint density at radius 3 is 2.43 bits per heavy atom. The number of hydrogen-bond acceptors (Lipinski definition) is 2. The monoisotopic (exact) mass is 365 g/mol. The van der Waals surface area contributed by atoms with E-state index in [9.17, 15) is 0 Å². The zero-order chi connectivity index (χ0) is 18.7. The van der Waals surface area contributed by atoms with Crippen molar-refractivity contribution in [2.45, 2.75) is 19.8 Å². The van der Waals surface area contributed by atoms with Crippen molar-refractivity contribution in [2.24, 2.45) is 0 Å². The molecule has 1 aliphatic rings. The Bertz CT molecular complexity index is 1340. The van der Waals surface area contributed by atoms with Crippen LogP contribution < -0.4 is 4.90 Å². The second-order valence-electron chi connectivity index (χ2n) is 7.83. The van der Waals surface area contributed by atoms with E-state index in [4.69, 9.17) is 0 Å². The van der Waals surface area contributed by atoms with E-state index in [0.717, 1.165) is 13.2 Å². The van der Waals surface area contributed by atoms with Crippen LogP contribution in [-0.4, -0.2) is 22.5 Å². The summed E-state index contributed by atoms with van der Waals surface area (Å²) in [6.45, 7) is 4.31. The molecule has 0 amide bonds. The van der Waals surface area contributed by atoms with E-state index in [0.29, 0.717) is 0 Å². The van der Waals surface area contributed by atoms with Crippen molar-refractivity contribution in [3.05, 3.63) is 73.1 Å². The topological polar surface area (TPSA) is 10.9 Å². The lowest BCUT2D eigenvalue weighted by atomic mass is 10.1. The molecular weight excluding hydrogens is 342 g/mol. The highest BCUT2D eigenvalue weighted by atomic mass is 15.3. The summed E-state index contributed by atoms with van der Waals surface area (Å²) in [5.74, 6) is 0. The first-order valence-corrected chi connectivity index (χ1v) is 10.2. The third kappa shape index (κ3) is 2.10. The van der Waals surface area contributed by atoms with Gasteiger partial charge in [-0.05, 0) is 24.6 Å². The molecule has 3 nitrogen and oxygen atoms in total. The molecule has 0 fully saturated rings. The molecule has 0 atom stereocenters. The summed E-state index contributed by atoms with van der Waals surface area (Å²) in [6, 6.07) is 22.4. The number of hydrogen-bond donors (Lipinski definition) is 0. The average molecular weight is 365 g/mol. The minimum absolute atomic E-state index is 0.938. The van der Waals surface area contributed by atoms with Crippen molar-refractivity contribution >= 4 is 43.8 Å². The number of para-hydroxylation sites is 2. The molecule has 0 N–H and O–H groups in total. The number of fused-ring (bicyclic) bond motifs is 6. The highest BCUT2D eigenvalue weighted by Gasteiger charge is 2.19. The van der Waals surface area contributed by atoms with Gasteiger partial charge in [-0.2, -0.15) is 0 Å². The molecule has 1 aliphatic heterocycles. The Labute approximate surface area is 164 Å². The molecule has 3 heteroatoms. The fraction of sp³-hybridized carbons (Fsp3) is 0.200. The molecule has 0 bridgehead atoms. The molecule has 0 radical (unpaired) electrons. The fourth-order valence-corrected chi connectivity index (χ4v) is 4.74. The molecule has 0 saturated carbocycles. The van der Waals surface area contributed by atoms with E-state index >= 15 is 0 Å². The largest absolute Gasteiger partial charge is 0.358 e. The van der Waals surface area contributed by atoms with Crippen molar-refractivity contribution in [3.8, 4) is 0 Å². The van der Waals surface area contributed by atoms with Gasteiger partial charge in [-0.1, -0.05) is 55.8 Å². The minimum atomic E-state index is 0.938. The maximum atomic E-state index is 2.45. The van der Waals surface area contributed by atoms with Crippen molar-refractivity contribution in [1.29, 1.82) is 0 Å². The van der Waals surface area contributed by atoms with Crippen LogP contribution in [0, 0.1) is 0 Å². The summed E-state index contributed by atoms with van der Waals surface area (Å²) in [5.41, 5.74) is 5.19. The molecule has 3 heterocycles. The first kappa shape index (κ1) is 15.8. The molecule has 0 spiro atoms. The molecule has 0 saturated heterocycles. The summed E-state index contributed by atoms with van der Waals surface area (Å²) in [6.07, 6.45) is 6.91. The molecule has 5 aromatic rings. The van der Waals surface area contributed by atoms with Gasteiger partial charge in [0.2, 0.25) is 0 Å². The maximum absolute atomic E-state index is 2.45. The van der Waals surface area contributed by atoms with E-state index in [1.54, 1.807) is 0 Å². The standard InChI is InChI=1S/C25H23N3/c1-2-3-13-26-14-15-27(17-26)18-11-12-20-22-9-6-8-21-19-7-4-5-10-23(19)28(25(21)22)24(20)16-18/h4-12,14-16H,2-3,13,17H2,1H3. The fourth-order valence-electron chi connectivity index (χ4n) is 4.74. The van der Waals surface area contributed by atoms with Crippen LogP contribution in [0.4, 0.5) is 5.69 Å². The first-order chi connectivity index (χ1) is 13.8. The van der Waals surface area contributed by atoms with Gasteiger partial charge in [0.1, 0.15) is 0 Å². The normalized spacial score (nSPS) is 14.6. The van der Waals surface area contributed by atoms with Gasteiger partial charge in [0, 0.05) is 46.2 Å². The Hall–Kier alpha value is -3.20. The number of unbranched alkanes of at least 4 members (excludes halogenated alkanes) is 1. The molecular formula is C25H23N3. The predicted molar refractivity (Wildman–Crippen MR) is 119 cm³/mol. The second kappa shape index (κ2) is 5.90. The second-order valence-corrected chi connectivity index (χ2v) is 7.83. The van der Waals surface area contributed by atoms with Crippen LogP contribution in [-0.2, 0) is 0 Å². The number of rotatable bonds is 4. The van der Waals surface area contributed by atoms with E-state index < -0.39 is 0 Å². The number of anilines is 1. The van der Waals surface area contributed by atoms with Gasteiger partial charge < -0.3 is 14.2 Å². The van der Waals surface area contributed by atoms with Crippen molar-refractivity contribution in [1.82, 2.24) is 9.30 Å². The molecule has 0 aliphatic carbocycles. The third-order valence-corrected chi connectivity index (χ3v) is 6.13. The quantitative estimate of drug-likeness (QED) is 0.376. The summed E-state index contributed by atoms with van der Waals surface area (Å²) >= 11 is 0. The summed E-state index contributed by atoms with van der Waals surface area (Å²) in [7, 11) is 0. The summed E-state index contributed by atoms with van der Waals surface area (Å²) in [5, 5.41) is 5.36. The molecule has 6 rings (SSSR count). The van der Waals surface area contributed by atoms with Crippen molar-refractivity contribution in [2.75, 3.05) is 18.1 Å². The van der Waals surface area contributed by atoms with Crippen LogP contribution >= 0.6 is 0 Å². The van der Waals surface area contributed by atoms with E-state index in [1.165, 1.54) is 56.6 Å². The molecule has 28 heavy (non-hydrogen) atoms. The highest BCUT2D eigenvalue weighted by molar-refractivity contribution is 6.23. The molecule has 2 aromatic heterocycles. The number of nitrogens with zero attached hydrogens (tertiary/aromatic N) is 3. The first-order valence-electron chi connectivity index (χ1n) is 10.2. The lowest BCUT2D eigenvalue weighted by Crippen LogP contribution is -2.25.